The van der Waals surface area contributed by atoms with E-state index in [1.54, 1.807) is 41.4 Å². The quantitative estimate of drug-likeness (QED) is 0.667. The van der Waals surface area contributed by atoms with E-state index in [1.165, 1.54) is 0 Å². The first-order chi connectivity index (χ1) is 15.8. The van der Waals surface area contributed by atoms with Gasteiger partial charge in [0.2, 0.25) is 15.9 Å². The Morgan fingerprint density at radius 2 is 1.91 bits per heavy atom. The van der Waals surface area contributed by atoms with Crippen LogP contribution >= 0.6 is 11.8 Å². The molecule has 2 aliphatic rings. The lowest BCUT2D eigenvalue weighted by molar-refractivity contribution is -0.118. The van der Waals surface area contributed by atoms with Crippen LogP contribution in [0.15, 0.2) is 52.3 Å². The van der Waals surface area contributed by atoms with Gasteiger partial charge in [0.05, 0.1) is 17.7 Å². The molecule has 1 N–H and O–H groups in total. The SMILES string of the molecule is COc1ccccc1CN(C1CCN(C)CC1)S(=O)(=O)c1ccc2c(c1)NC(=O)C(C)CS2. The lowest BCUT2D eigenvalue weighted by Gasteiger charge is -2.36. The number of nitrogens with zero attached hydrogens (tertiary/aromatic N) is 2. The van der Waals surface area contributed by atoms with Gasteiger partial charge in [-0.2, -0.15) is 4.31 Å². The molecule has 2 aliphatic heterocycles. The molecule has 0 spiro atoms. The summed E-state index contributed by atoms with van der Waals surface area (Å²) in [6.45, 7) is 3.80. The first-order valence-corrected chi connectivity index (χ1v) is 13.6. The smallest absolute Gasteiger partial charge is 0.243 e. The van der Waals surface area contributed by atoms with Crippen molar-refractivity contribution in [2.75, 3.05) is 38.3 Å². The average molecular weight is 490 g/mol. The number of methoxy groups -OCH3 is 1. The molecule has 0 aliphatic carbocycles. The number of rotatable bonds is 6. The third kappa shape index (κ3) is 5.21. The van der Waals surface area contributed by atoms with Crippen LogP contribution in [0.2, 0.25) is 0 Å². The van der Waals surface area contributed by atoms with E-state index in [2.05, 4.69) is 17.3 Å². The van der Waals surface area contributed by atoms with Gasteiger partial charge in [-0.1, -0.05) is 25.1 Å². The Bertz CT molecular complexity index is 1110. The second-order valence-corrected chi connectivity index (χ2v) is 11.7. The molecule has 0 bridgehead atoms. The monoisotopic (exact) mass is 489 g/mol. The molecule has 2 heterocycles. The van der Waals surface area contributed by atoms with Crippen molar-refractivity contribution in [2.45, 2.75) is 42.1 Å². The van der Waals surface area contributed by atoms with Crippen molar-refractivity contribution in [3.05, 3.63) is 48.0 Å². The number of piperidine rings is 1. The number of carbonyl (C=O) groups excluding carboxylic acids is 1. The number of ether oxygens (including phenoxy) is 1. The van der Waals surface area contributed by atoms with Gasteiger partial charge in [0, 0.05) is 34.7 Å². The summed E-state index contributed by atoms with van der Waals surface area (Å²) in [7, 11) is -0.162. The first-order valence-electron chi connectivity index (χ1n) is 11.2. The van der Waals surface area contributed by atoms with Crippen molar-refractivity contribution in [3.8, 4) is 5.75 Å². The fraction of sp³-hybridized carbons (Fsp3) is 0.458. The van der Waals surface area contributed by atoms with Crippen LogP contribution < -0.4 is 10.1 Å². The molecule has 1 unspecified atom stereocenters. The van der Waals surface area contributed by atoms with Crippen LogP contribution in [0.3, 0.4) is 0 Å². The van der Waals surface area contributed by atoms with Gasteiger partial charge in [0.1, 0.15) is 5.75 Å². The van der Waals surface area contributed by atoms with E-state index in [4.69, 9.17) is 4.74 Å². The summed E-state index contributed by atoms with van der Waals surface area (Å²) < 4.78 is 35.1. The predicted octanol–water partition coefficient (Wildman–Crippen LogP) is 3.66. The highest BCUT2D eigenvalue weighted by Gasteiger charge is 2.34. The Kier molecular flexibility index (Phi) is 7.33. The summed E-state index contributed by atoms with van der Waals surface area (Å²) in [5, 5.41) is 2.91. The molecule has 2 aromatic carbocycles. The Morgan fingerprint density at radius 3 is 2.64 bits per heavy atom. The predicted molar refractivity (Wildman–Crippen MR) is 131 cm³/mol. The highest BCUT2D eigenvalue weighted by atomic mass is 32.2. The number of carbonyl (C=O) groups is 1. The third-order valence-corrected chi connectivity index (χ3v) is 9.59. The molecule has 178 valence electrons. The number of sulfonamides is 1. The summed E-state index contributed by atoms with van der Waals surface area (Å²) in [4.78, 5) is 15.7. The van der Waals surface area contributed by atoms with Gasteiger partial charge in [-0.05, 0) is 57.2 Å². The normalized spacial score (nSPS) is 20.2. The molecule has 2 aromatic rings. The van der Waals surface area contributed by atoms with Crippen molar-refractivity contribution >= 4 is 33.4 Å². The molecule has 33 heavy (non-hydrogen) atoms. The topological polar surface area (TPSA) is 79.0 Å². The number of thioether (sulfide) groups is 1. The van der Waals surface area contributed by atoms with Crippen molar-refractivity contribution in [2.24, 2.45) is 5.92 Å². The molecular weight excluding hydrogens is 458 g/mol. The van der Waals surface area contributed by atoms with E-state index in [1.807, 2.05) is 31.2 Å². The van der Waals surface area contributed by atoms with Gasteiger partial charge in [-0.15, -0.1) is 11.8 Å². The zero-order valence-electron chi connectivity index (χ0n) is 19.3. The van der Waals surface area contributed by atoms with Gasteiger partial charge in [-0.3, -0.25) is 4.79 Å². The number of hydrogen-bond donors (Lipinski definition) is 1. The molecular formula is C24H31N3O4S2. The minimum atomic E-state index is -3.82. The van der Waals surface area contributed by atoms with Crippen molar-refractivity contribution in [1.29, 1.82) is 0 Å². The summed E-state index contributed by atoms with van der Waals surface area (Å²) in [5.74, 6) is 1.12. The molecule has 1 atom stereocenters. The maximum atomic E-state index is 14.0. The standard InChI is InChI=1S/C24H31N3O4S2/c1-17-16-32-23-9-8-20(14-21(23)25-24(17)28)33(29,30)27(19-10-12-26(2)13-11-19)15-18-6-4-5-7-22(18)31-3/h4-9,14,17,19H,10-13,15-16H2,1-3H3,(H,25,28). The number of amides is 1. The molecule has 7 nitrogen and oxygen atoms in total. The fourth-order valence-corrected chi connectivity index (χ4v) is 6.97. The zero-order chi connectivity index (χ0) is 23.6. The Hall–Kier alpha value is -2.07. The largest absolute Gasteiger partial charge is 0.496 e. The maximum absolute atomic E-state index is 14.0. The highest BCUT2D eigenvalue weighted by molar-refractivity contribution is 7.99. The van der Waals surface area contributed by atoms with Crippen LogP contribution in [-0.4, -0.2) is 62.6 Å². The molecule has 1 fully saturated rings. The fourth-order valence-electron chi connectivity index (χ4n) is 4.27. The third-order valence-electron chi connectivity index (χ3n) is 6.37. The average Bonchev–Trinajstić information content (AvgIpc) is 2.95. The van der Waals surface area contributed by atoms with Gasteiger partial charge in [0.15, 0.2) is 0 Å². The van der Waals surface area contributed by atoms with E-state index >= 15 is 0 Å². The molecule has 9 heteroatoms. The molecule has 0 saturated carbocycles. The second-order valence-electron chi connectivity index (χ2n) is 8.76. The number of nitrogens with one attached hydrogen (secondary N) is 1. The van der Waals surface area contributed by atoms with Crippen LogP contribution in [0.25, 0.3) is 0 Å². The van der Waals surface area contributed by atoms with Crippen LogP contribution in [0.5, 0.6) is 5.75 Å². The molecule has 4 rings (SSSR count). The van der Waals surface area contributed by atoms with Crippen molar-refractivity contribution in [3.63, 3.8) is 0 Å². The number of fused-ring (bicyclic) bond motifs is 1. The van der Waals surface area contributed by atoms with Gasteiger partial charge >= 0.3 is 0 Å². The van der Waals surface area contributed by atoms with Gasteiger partial charge < -0.3 is 15.0 Å². The minimum absolute atomic E-state index is 0.0861. The lowest BCUT2D eigenvalue weighted by atomic mass is 10.0. The van der Waals surface area contributed by atoms with E-state index in [0.717, 1.165) is 36.4 Å². The Labute approximate surface area is 200 Å². The number of anilines is 1. The first kappa shape index (κ1) is 24.1. The molecule has 0 aromatic heterocycles. The number of likely N-dealkylation sites (tertiary alicyclic amines) is 1. The van der Waals surface area contributed by atoms with Crippen LogP contribution in [-0.2, 0) is 21.4 Å². The summed E-state index contributed by atoms with van der Waals surface area (Å²) in [5.41, 5.74) is 1.39. The van der Waals surface area contributed by atoms with E-state index < -0.39 is 10.0 Å². The minimum Gasteiger partial charge on any atom is -0.496 e. The number of benzene rings is 2. The maximum Gasteiger partial charge on any atom is 0.243 e. The van der Waals surface area contributed by atoms with Crippen LogP contribution in [0, 0.1) is 5.92 Å². The van der Waals surface area contributed by atoms with Gasteiger partial charge in [0.25, 0.3) is 0 Å². The summed E-state index contributed by atoms with van der Waals surface area (Å²) in [6.07, 6.45) is 1.53. The number of para-hydroxylation sites is 1. The van der Waals surface area contributed by atoms with E-state index in [9.17, 15) is 13.2 Å². The molecule has 0 radical (unpaired) electrons. The Balaban J connectivity index is 1.71. The van der Waals surface area contributed by atoms with Crippen molar-refractivity contribution in [1.82, 2.24) is 9.21 Å². The zero-order valence-corrected chi connectivity index (χ0v) is 20.9. The summed E-state index contributed by atoms with van der Waals surface area (Å²) >= 11 is 1.57. The van der Waals surface area contributed by atoms with Crippen LogP contribution in [0.4, 0.5) is 5.69 Å². The molecule has 1 saturated heterocycles. The highest BCUT2D eigenvalue weighted by Crippen LogP contribution is 2.36. The van der Waals surface area contributed by atoms with Crippen LogP contribution in [0.1, 0.15) is 25.3 Å². The van der Waals surface area contributed by atoms with E-state index in [-0.39, 0.29) is 29.3 Å². The summed E-state index contributed by atoms with van der Waals surface area (Å²) in [6, 6.07) is 12.5. The van der Waals surface area contributed by atoms with Gasteiger partial charge in [-0.25, -0.2) is 8.42 Å². The Morgan fingerprint density at radius 1 is 1.18 bits per heavy atom. The van der Waals surface area contributed by atoms with Crippen molar-refractivity contribution < 1.29 is 17.9 Å². The number of hydrogen-bond acceptors (Lipinski definition) is 6. The lowest BCUT2D eigenvalue weighted by Crippen LogP contribution is -2.46. The molecule has 1 amide bonds. The van der Waals surface area contributed by atoms with E-state index in [0.29, 0.717) is 17.2 Å². The second kappa shape index (κ2) is 10.0.